The zero-order chi connectivity index (χ0) is 37.4. The summed E-state index contributed by atoms with van der Waals surface area (Å²) in [5.74, 6) is -2.15. The molecule has 0 fully saturated rings. The van der Waals surface area contributed by atoms with Crippen molar-refractivity contribution >= 4 is 88.3 Å². The van der Waals surface area contributed by atoms with Crippen LogP contribution in [-0.4, -0.2) is 47.9 Å². The fourth-order valence-corrected chi connectivity index (χ4v) is 6.17. The van der Waals surface area contributed by atoms with E-state index in [9.17, 15) is 46.7 Å². The average molecular weight is 807 g/mol. The number of nitrogens with zero attached hydrogens (tertiary/aromatic N) is 6. The SMILES string of the molecule is Nc1ccc2cc(S(O)(O)O)c(N=Nc3ccc(N=Nc4ccc(N=Nc5cccc(C(=O)O)c5)c5ccc(S(=O)(=O)O)cc45)cc3O)c(O)c2c1.[Cu]. The minimum atomic E-state index is -4.62. The van der Waals surface area contributed by atoms with Crippen molar-refractivity contribution < 1.29 is 63.8 Å². The van der Waals surface area contributed by atoms with Crippen molar-refractivity contribution in [1.82, 2.24) is 0 Å². The molecule has 275 valence electrons. The molecule has 0 aliphatic rings. The maximum atomic E-state index is 11.9. The van der Waals surface area contributed by atoms with Gasteiger partial charge in [-0.2, -0.15) is 18.6 Å². The summed E-state index contributed by atoms with van der Waals surface area (Å²) >= 11 is 0. The molecule has 9 N–H and O–H groups in total. The smallest absolute Gasteiger partial charge is 0.335 e. The molecule has 0 aliphatic carbocycles. The van der Waals surface area contributed by atoms with Crippen LogP contribution < -0.4 is 5.73 Å². The van der Waals surface area contributed by atoms with Crippen LogP contribution in [-0.2, 0) is 27.2 Å². The van der Waals surface area contributed by atoms with Gasteiger partial charge in [0.05, 0.1) is 38.1 Å². The van der Waals surface area contributed by atoms with Crippen LogP contribution in [0, 0.1) is 0 Å². The van der Waals surface area contributed by atoms with Crippen molar-refractivity contribution in [2.24, 2.45) is 30.7 Å². The molecule has 0 amide bonds. The molecular formula is C33H25CuN7O10S2. The number of benzene rings is 6. The third-order valence-electron chi connectivity index (χ3n) is 7.47. The molecule has 0 bridgehead atoms. The van der Waals surface area contributed by atoms with Gasteiger partial charge < -0.3 is 34.7 Å². The van der Waals surface area contributed by atoms with Crippen molar-refractivity contribution in [1.29, 1.82) is 0 Å². The van der Waals surface area contributed by atoms with Crippen LogP contribution in [0.2, 0.25) is 0 Å². The zero-order valence-corrected chi connectivity index (χ0v) is 29.0. The number of aromatic carboxylic acids is 1. The molecule has 1 radical (unpaired) electrons. The summed E-state index contributed by atoms with van der Waals surface area (Å²) in [6, 6.07) is 21.9. The predicted molar refractivity (Wildman–Crippen MR) is 192 cm³/mol. The van der Waals surface area contributed by atoms with E-state index >= 15 is 0 Å². The summed E-state index contributed by atoms with van der Waals surface area (Å²) in [6.45, 7) is 0. The molecule has 17 nitrogen and oxygen atoms in total. The monoisotopic (exact) mass is 806 g/mol. The van der Waals surface area contributed by atoms with Gasteiger partial charge in [0.1, 0.15) is 28.0 Å². The van der Waals surface area contributed by atoms with Gasteiger partial charge in [0.25, 0.3) is 10.1 Å². The summed E-state index contributed by atoms with van der Waals surface area (Å²) in [4.78, 5) is 10.4. The number of nitrogens with two attached hydrogens (primary N) is 1. The number of phenols is 2. The average Bonchev–Trinajstić information content (AvgIpc) is 3.09. The van der Waals surface area contributed by atoms with Gasteiger partial charge in [0.2, 0.25) is 0 Å². The summed E-state index contributed by atoms with van der Waals surface area (Å²) in [6.07, 6.45) is 0. The van der Waals surface area contributed by atoms with E-state index in [0.717, 1.165) is 12.1 Å². The quantitative estimate of drug-likeness (QED) is 0.0294. The van der Waals surface area contributed by atoms with E-state index in [1.165, 1.54) is 78.9 Å². The van der Waals surface area contributed by atoms with Crippen LogP contribution in [0.15, 0.2) is 138 Å². The zero-order valence-electron chi connectivity index (χ0n) is 26.5. The molecule has 0 aromatic heterocycles. The molecule has 6 aromatic rings. The molecule has 0 heterocycles. The molecule has 53 heavy (non-hydrogen) atoms. The van der Waals surface area contributed by atoms with Gasteiger partial charge in [0.15, 0.2) is 5.75 Å². The second kappa shape index (κ2) is 15.0. The minimum absolute atomic E-state index is 0. The van der Waals surface area contributed by atoms with Gasteiger partial charge >= 0.3 is 5.97 Å². The summed E-state index contributed by atoms with van der Waals surface area (Å²) in [5, 5.41) is 56.2. The van der Waals surface area contributed by atoms with E-state index in [1.54, 1.807) is 6.07 Å². The van der Waals surface area contributed by atoms with Gasteiger partial charge in [-0.1, -0.05) is 18.2 Å². The number of azo groups is 3. The van der Waals surface area contributed by atoms with Crippen molar-refractivity contribution in [2.45, 2.75) is 9.79 Å². The molecule has 0 unspecified atom stereocenters. The Labute approximate surface area is 311 Å². The maximum absolute atomic E-state index is 11.9. The second-order valence-electron chi connectivity index (χ2n) is 11.0. The van der Waals surface area contributed by atoms with Crippen LogP contribution in [0.4, 0.5) is 39.8 Å². The topological polar surface area (TPSA) is 293 Å². The number of carboxylic acids is 1. The first-order valence-corrected chi connectivity index (χ1v) is 17.5. The Morgan fingerprint density at radius 1 is 0.623 bits per heavy atom. The third-order valence-corrected chi connectivity index (χ3v) is 9.22. The molecule has 20 heteroatoms. The molecule has 6 aromatic carbocycles. The second-order valence-corrected chi connectivity index (χ2v) is 13.9. The minimum Gasteiger partial charge on any atom is -0.506 e. The molecule has 0 atom stereocenters. The molecule has 6 rings (SSSR count). The van der Waals surface area contributed by atoms with E-state index < -0.39 is 53.9 Å². The van der Waals surface area contributed by atoms with E-state index in [1.807, 2.05) is 0 Å². The molecular weight excluding hydrogens is 782 g/mol. The van der Waals surface area contributed by atoms with Gasteiger partial charge in [0, 0.05) is 45.0 Å². The number of nitrogen functional groups attached to an aromatic ring is 1. The van der Waals surface area contributed by atoms with Gasteiger partial charge in [-0.3, -0.25) is 4.55 Å². The third kappa shape index (κ3) is 8.46. The number of carboxylic acid groups (broad SMARTS) is 1. The van der Waals surface area contributed by atoms with Crippen LogP contribution in [0.1, 0.15) is 10.4 Å². The van der Waals surface area contributed by atoms with Crippen molar-refractivity contribution in [3.63, 3.8) is 0 Å². The van der Waals surface area contributed by atoms with E-state index in [-0.39, 0.29) is 61.8 Å². The van der Waals surface area contributed by atoms with Crippen LogP contribution >= 0.6 is 10.9 Å². The number of anilines is 1. The maximum Gasteiger partial charge on any atom is 0.335 e. The number of carbonyl (C=O) groups is 1. The summed E-state index contributed by atoms with van der Waals surface area (Å²) < 4.78 is 63.5. The molecule has 0 saturated heterocycles. The number of rotatable bonds is 9. The predicted octanol–water partition coefficient (Wildman–Crippen LogP) is 9.76. The molecule has 0 saturated carbocycles. The first-order valence-electron chi connectivity index (χ1n) is 14.6. The Bertz CT molecular complexity index is 2630. The first kappa shape index (κ1) is 38.4. The number of fused-ring (bicyclic) bond motifs is 2. The van der Waals surface area contributed by atoms with Crippen molar-refractivity contribution in [3.8, 4) is 11.5 Å². The number of aromatic hydroxyl groups is 2. The molecule has 0 spiro atoms. The summed E-state index contributed by atoms with van der Waals surface area (Å²) in [7, 11) is -8.99. The van der Waals surface area contributed by atoms with E-state index in [2.05, 4.69) is 30.7 Å². The summed E-state index contributed by atoms with van der Waals surface area (Å²) in [5.41, 5.74) is 6.25. The van der Waals surface area contributed by atoms with Crippen molar-refractivity contribution in [2.75, 3.05) is 5.73 Å². The Kier molecular flexibility index (Phi) is 10.9. The number of hydrogen-bond acceptors (Lipinski definition) is 15. The Morgan fingerprint density at radius 3 is 1.91 bits per heavy atom. The van der Waals surface area contributed by atoms with Crippen LogP contribution in [0.25, 0.3) is 21.5 Å². The Morgan fingerprint density at radius 2 is 1.26 bits per heavy atom. The first-order chi connectivity index (χ1) is 24.6. The standard InChI is InChI=1S/C33H25N7O10S2.Cu/c34-19-5-4-17-13-30(52(48,49)50)31(32(42)24(17)14-19)40-39-28-9-6-21(15-29(28)41)36-38-27-11-10-26(23-8-7-22(16-25(23)27)51(45,46)47)37-35-20-3-1-2-18(12-20)33(43)44;/h1-16,41-42,48-50H,34H2,(H,43,44)(H,45,46,47);. The number of phenolic OH excluding ortho intramolecular Hbond substituents is 2. The van der Waals surface area contributed by atoms with Gasteiger partial charge in [-0.05, 0) is 78.2 Å². The normalized spacial score (nSPS) is 12.6. The van der Waals surface area contributed by atoms with Crippen LogP contribution in [0.3, 0.4) is 0 Å². The van der Waals surface area contributed by atoms with Gasteiger partial charge in [-0.25, -0.2) is 4.79 Å². The van der Waals surface area contributed by atoms with Crippen molar-refractivity contribution in [3.05, 3.63) is 103 Å². The molecule has 0 aliphatic heterocycles. The van der Waals surface area contributed by atoms with E-state index in [4.69, 9.17) is 5.73 Å². The largest absolute Gasteiger partial charge is 0.506 e. The fraction of sp³-hybridized carbons (Fsp3) is 0. The van der Waals surface area contributed by atoms with Crippen LogP contribution in [0.5, 0.6) is 11.5 Å². The van der Waals surface area contributed by atoms with Gasteiger partial charge in [-0.15, -0.1) is 20.5 Å². The van der Waals surface area contributed by atoms with E-state index in [0.29, 0.717) is 16.5 Å². The Balaban J connectivity index is 0.00000541. The number of hydrogen-bond donors (Lipinski definition) is 8. The fourth-order valence-electron chi connectivity index (χ4n) is 4.98. The Hall–Kier alpha value is -5.83.